The lowest BCUT2D eigenvalue weighted by atomic mass is 10.1. The summed E-state index contributed by atoms with van der Waals surface area (Å²) in [5.74, 6) is -0.874. The summed E-state index contributed by atoms with van der Waals surface area (Å²) in [5.41, 5.74) is 5.85. The molecule has 0 spiro atoms. The molecule has 0 radical (unpaired) electrons. The minimum atomic E-state index is -4.43. The van der Waals surface area contributed by atoms with Gasteiger partial charge in [0.1, 0.15) is 5.65 Å². The minimum absolute atomic E-state index is 0.122. The zero-order valence-corrected chi connectivity index (χ0v) is 16.0. The Balaban J connectivity index is 1.99. The summed E-state index contributed by atoms with van der Waals surface area (Å²) in [7, 11) is -3.54. The Bertz CT molecular complexity index is 1170. The van der Waals surface area contributed by atoms with Gasteiger partial charge < -0.3 is 10.3 Å². The molecule has 0 bridgehead atoms. The van der Waals surface area contributed by atoms with Gasteiger partial charge in [0, 0.05) is 18.1 Å². The van der Waals surface area contributed by atoms with E-state index in [2.05, 4.69) is 9.71 Å². The molecule has 0 unspecified atom stereocenters. The van der Waals surface area contributed by atoms with Crippen molar-refractivity contribution in [3.05, 3.63) is 59.4 Å². The molecular formula is C18H17F3N4O3S. The zero-order valence-electron chi connectivity index (χ0n) is 15.2. The molecule has 11 heteroatoms. The van der Waals surface area contributed by atoms with Crippen LogP contribution in [0.25, 0.3) is 11.0 Å². The van der Waals surface area contributed by atoms with Gasteiger partial charge in [-0.25, -0.2) is 13.4 Å². The van der Waals surface area contributed by atoms with E-state index in [4.69, 9.17) is 5.73 Å². The number of nitrogens with one attached hydrogen (secondary N) is 1. The average molecular weight is 426 g/mol. The molecule has 1 amide bonds. The quantitative estimate of drug-likeness (QED) is 0.632. The first kappa shape index (κ1) is 20.6. The highest BCUT2D eigenvalue weighted by atomic mass is 32.2. The van der Waals surface area contributed by atoms with Crippen LogP contribution in [0.4, 0.5) is 18.9 Å². The first-order valence-corrected chi connectivity index (χ1v) is 10.1. The molecule has 29 heavy (non-hydrogen) atoms. The van der Waals surface area contributed by atoms with Gasteiger partial charge in [-0.1, -0.05) is 12.1 Å². The fourth-order valence-corrected chi connectivity index (χ4v) is 3.41. The number of carbonyl (C=O) groups is 1. The first-order valence-electron chi connectivity index (χ1n) is 8.45. The number of hydrogen-bond donors (Lipinski definition) is 2. The molecule has 0 aliphatic rings. The number of sulfonamides is 1. The number of carbonyl (C=O) groups excluding carboxylic acids is 1. The van der Waals surface area contributed by atoms with Gasteiger partial charge in [0.2, 0.25) is 10.0 Å². The maximum Gasteiger partial charge on any atom is 0.416 e. The van der Waals surface area contributed by atoms with Gasteiger partial charge in [0.05, 0.1) is 28.8 Å². The lowest BCUT2D eigenvalue weighted by Gasteiger charge is -2.09. The van der Waals surface area contributed by atoms with Gasteiger partial charge in [0.25, 0.3) is 5.91 Å². The molecule has 0 aliphatic carbocycles. The Labute approximate surface area is 164 Å². The van der Waals surface area contributed by atoms with E-state index in [1.165, 1.54) is 37.5 Å². The second kappa shape index (κ2) is 7.39. The first-order chi connectivity index (χ1) is 13.5. The molecular weight excluding hydrogens is 409 g/mol. The molecule has 1 aromatic carbocycles. The van der Waals surface area contributed by atoms with Crippen LogP contribution < -0.4 is 10.5 Å². The van der Waals surface area contributed by atoms with E-state index in [9.17, 15) is 26.4 Å². The minimum Gasteiger partial charge on any atom is -0.366 e. The number of halogens is 3. The van der Waals surface area contributed by atoms with E-state index in [1.807, 2.05) is 0 Å². The zero-order chi connectivity index (χ0) is 21.4. The Morgan fingerprint density at radius 2 is 1.90 bits per heavy atom. The molecule has 3 aromatic rings. The number of nitrogens with zero attached hydrogens (tertiary/aromatic N) is 2. The number of benzene rings is 1. The summed E-state index contributed by atoms with van der Waals surface area (Å²) in [6, 6.07) is 6.06. The van der Waals surface area contributed by atoms with Gasteiger partial charge in [-0.15, -0.1) is 0 Å². The Morgan fingerprint density at radius 3 is 2.45 bits per heavy atom. The molecule has 0 aliphatic heterocycles. The maximum absolute atomic E-state index is 12.7. The molecule has 2 aromatic heterocycles. The van der Waals surface area contributed by atoms with Gasteiger partial charge in [-0.2, -0.15) is 13.2 Å². The van der Waals surface area contributed by atoms with Crippen LogP contribution in [0, 0.1) is 0 Å². The molecule has 3 N–H and O–H groups in total. The summed E-state index contributed by atoms with van der Waals surface area (Å²) < 4.78 is 65.6. The van der Waals surface area contributed by atoms with Crippen molar-refractivity contribution in [3.63, 3.8) is 0 Å². The number of anilines is 1. The largest absolute Gasteiger partial charge is 0.416 e. The summed E-state index contributed by atoms with van der Waals surface area (Å²) >= 11 is 0. The van der Waals surface area contributed by atoms with Crippen LogP contribution in [-0.2, 0) is 22.7 Å². The van der Waals surface area contributed by atoms with E-state index in [0.29, 0.717) is 16.6 Å². The number of primary amides is 1. The van der Waals surface area contributed by atoms with Crippen LogP contribution in [-0.4, -0.2) is 29.6 Å². The monoisotopic (exact) mass is 426 g/mol. The fraction of sp³-hybridized carbons (Fsp3) is 0.222. The van der Waals surface area contributed by atoms with E-state index in [-0.39, 0.29) is 23.5 Å². The Morgan fingerprint density at radius 1 is 1.24 bits per heavy atom. The van der Waals surface area contributed by atoms with Crippen LogP contribution in [0.2, 0.25) is 0 Å². The van der Waals surface area contributed by atoms with E-state index >= 15 is 0 Å². The van der Waals surface area contributed by atoms with Crippen molar-refractivity contribution in [3.8, 4) is 0 Å². The third-order valence-electron chi connectivity index (χ3n) is 4.27. The highest BCUT2D eigenvalue weighted by molar-refractivity contribution is 7.92. The van der Waals surface area contributed by atoms with Crippen molar-refractivity contribution in [2.45, 2.75) is 19.6 Å². The average Bonchev–Trinajstić information content (AvgIpc) is 2.99. The smallest absolute Gasteiger partial charge is 0.366 e. The number of aromatic nitrogens is 2. The predicted molar refractivity (Wildman–Crippen MR) is 102 cm³/mol. The van der Waals surface area contributed by atoms with Gasteiger partial charge >= 0.3 is 6.18 Å². The number of hydrogen-bond acceptors (Lipinski definition) is 4. The number of rotatable bonds is 6. The second-order valence-corrected chi connectivity index (χ2v) is 8.34. The van der Waals surface area contributed by atoms with Crippen molar-refractivity contribution in [2.75, 3.05) is 10.5 Å². The van der Waals surface area contributed by atoms with Gasteiger partial charge in [-0.05, 0) is 30.7 Å². The molecule has 7 nitrogen and oxygen atoms in total. The Kier molecular flexibility index (Phi) is 5.26. The fourth-order valence-electron chi connectivity index (χ4n) is 2.79. The Hall–Kier alpha value is -3.08. The van der Waals surface area contributed by atoms with Crippen LogP contribution in [0.1, 0.15) is 28.4 Å². The second-order valence-electron chi connectivity index (χ2n) is 6.33. The van der Waals surface area contributed by atoms with Crippen molar-refractivity contribution >= 4 is 32.7 Å². The summed E-state index contributed by atoms with van der Waals surface area (Å²) in [6.45, 7) is 1.62. The van der Waals surface area contributed by atoms with Crippen LogP contribution in [0.3, 0.4) is 0 Å². The SMILES string of the molecule is CCS(=O)(=O)Nc1cnc2c(c1)c(C(N)=O)cn2Cc1ccc(C(F)(F)F)cc1. The van der Waals surface area contributed by atoms with Crippen LogP contribution in [0.15, 0.2) is 42.7 Å². The number of alkyl halides is 3. The molecule has 0 saturated carbocycles. The van der Waals surface area contributed by atoms with Crippen molar-refractivity contribution in [1.82, 2.24) is 9.55 Å². The van der Waals surface area contributed by atoms with E-state index in [0.717, 1.165) is 12.1 Å². The lowest BCUT2D eigenvalue weighted by molar-refractivity contribution is -0.137. The third-order valence-corrected chi connectivity index (χ3v) is 5.57. The van der Waals surface area contributed by atoms with E-state index < -0.39 is 27.7 Å². The van der Waals surface area contributed by atoms with Crippen LogP contribution >= 0.6 is 0 Å². The number of pyridine rings is 1. The number of amides is 1. The number of fused-ring (bicyclic) bond motifs is 1. The third kappa shape index (κ3) is 4.50. The normalized spacial score (nSPS) is 12.3. The summed E-state index contributed by atoms with van der Waals surface area (Å²) in [5, 5.41) is 0.334. The molecule has 0 saturated heterocycles. The predicted octanol–water partition coefficient (Wildman–Crippen LogP) is 2.96. The van der Waals surface area contributed by atoms with Crippen molar-refractivity contribution in [1.29, 1.82) is 0 Å². The topological polar surface area (TPSA) is 107 Å². The number of nitrogens with two attached hydrogens (primary N) is 1. The van der Waals surface area contributed by atoms with Gasteiger partial charge in [-0.3, -0.25) is 9.52 Å². The molecule has 2 heterocycles. The standard InChI is InChI=1S/C18H17F3N4O3S/c1-2-29(27,28)24-13-7-14-15(16(22)26)10-25(17(14)23-8-13)9-11-3-5-12(6-4-11)18(19,20)21/h3-8,10,24H,2,9H2,1H3,(H2,22,26). The molecule has 0 fully saturated rings. The van der Waals surface area contributed by atoms with E-state index in [1.54, 1.807) is 4.57 Å². The lowest BCUT2D eigenvalue weighted by Crippen LogP contribution is -2.15. The highest BCUT2D eigenvalue weighted by Crippen LogP contribution is 2.29. The van der Waals surface area contributed by atoms with Crippen LogP contribution in [0.5, 0.6) is 0 Å². The molecule has 3 rings (SSSR count). The highest BCUT2D eigenvalue weighted by Gasteiger charge is 2.30. The van der Waals surface area contributed by atoms with Crippen molar-refractivity contribution in [2.24, 2.45) is 5.73 Å². The molecule has 154 valence electrons. The molecule has 0 atom stereocenters. The summed E-state index contributed by atoms with van der Waals surface area (Å²) in [4.78, 5) is 16.0. The summed E-state index contributed by atoms with van der Waals surface area (Å²) in [6.07, 6.45) is -1.69. The van der Waals surface area contributed by atoms with Gasteiger partial charge in [0.15, 0.2) is 0 Å². The van der Waals surface area contributed by atoms with Crippen molar-refractivity contribution < 1.29 is 26.4 Å². The maximum atomic E-state index is 12.7.